The van der Waals surface area contributed by atoms with Gasteiger partial charge in [0, 0.05) is 24.5 Å². The molecule has 1 aliphatic heterocycles. The number of fused-ring (bicyclic) bond motifs is 1. The molecule has 4 nitrogen and oxygen atoms in total. The van der Waals surface area contributed by atoms with Gasteiger partial charge in [-0.1, -0.05) is 12.1 Å². The van der Waals surface area contributed by atoms with E-state index in [0.717, 1.165) is 16.8 Å². The Bertz CT molecular complexity index is 821. The van der Waals surface area contributed by atoms with Gasteiger partial charge in [0.25, 0.3) is 0 Å². The number of hydrogen-bond acceptors (Lipinski definition) is 2. The molecule has 0 amide bonds. The first-order chi connectivity index (χ1) is 10.3. The van der Waals surface area contributed by atoms with E-state index in [0.29, 0.717) is 18.0 Å². The van der Waals surface area contributed by atoms with Crippen molar-refractivity contribution in [1.82, 2.24) is 8.87 Å². The smallest absolute Gasteiger partial charge is 0.244 e. The Morgan fingerprint density at radius 1 is 1.05 bits per heavy atom. The van der Waals surface area contributed by atoms with Crippen LogP contribution in [0.15, 0.2) is 35.2 Å². The van der Waals surface area contributed by atoms with Gasteiger partial charge in [-0.3, -0.25) is 0 Å². The van der Waals surface area contributed by atoms with Gasteiger partial charge in [-0.25, -0.2) is 8.42 Å². The molecule has 2 aromatic rings. The summed E-state index contributed by atoms with van der Waals surface area (Å²) in [7, 11) is -3.48. The van der Waals surface area contributed by atoms with E-state index in [1.54, 1.807) is 10.4 Å². The van der Waals surface area contributed by atoms with E-state index in [4.69, 9.17) is 0 Å². The third-order valence-corrected chi connectivity index (χ3v) is 6.68. The number of sulfonamides is 1. The topological polar surface area (TPSA) is 42.3 Å². The van der Waals surface area contributed by atoms with Crippen LogP contribution in [0, 0.1) is 20.8 Å². The van der Waals surface area contributed by atoms with Crippen molar-refractivity contribution in [2.24, 2.45) is 0 Å². The van der Waals surface area contributed by atoms with Crippen LogP contribution in [-0.2, 0) is 16.6 Å². The van der Waals surface area contributed by atoms with E-state index in [9.17, 15) is 8.42 Å². The Morgan fingerprint density at radius 2 is 1.77 bits per heavy atom. The maximum Gasteiger partial charge on any atom is 0.244 e. The highest BCUT2D eigenvalue weighted by atomic mass is 32.2. The first-order valence-corrected chi connectivity index (χ1v) is 9.01. The van der Waals surface area contributed by atoms with E-state index < -0.39 is 10.0 Å². The van der Waals surface area contributed by atoms with Gasteiger partial charge in [-0.15, -0.1) is 0 Å². The number of aromatic nitrogens is 1. The van der Waals surface area contributed by atoms with Crippen molar-refractivity contribution in [1.29, 1.82) is 0 Å². The molecule has 0 radical (unpaired) electrons. The van der Waals surface area contributed by atoms with E-state index in [-0.39, 0.29) is 6.04 Å². The fourth-order valence-corrected chi connectivity index (χ4v) is 5.15. The molecule has 3 rings (SSSR count). The molecular weight excluding hydrogens is 296 g/mol. The Labute approximate surface area is 132 Å². The zero-order chi connectivity index (χ0) is 16.1. The van der Waals surface area contributed by atoms with Gasteiger partial charge in [-0.2, -0.15) is 4.31 Å². The van der Waals surface area contributed by atoms with Gasteiger partial charge < -0.3 is 4.57 Å². The molecule has 118 valence electrons. The number of hydrogen-bond donors (Lipinski definition) is 0. The first kappa shape index (κ1) is 15.3. The van der Waals surface area contributed by atoms with Gasteiger partial charge in [0.05, 0.1) is 10.9 Å². The highest BCUT2D eigenvalue weighted by molar-refractivity contribution is 7.89. The minimum atomic E-state index is -3.48. The Hall–Kier alpha value is -1.59. The lowest BCUT2D eigenvalue weighted by atomic mass is 10.2. The van der Waals surface area contributed by atoms with Crippen LogP contribution in [0.4, 0.5) is 0 Å². The molecule has 1 aromatic carbocycles. The molecule has 1 aliphatic rings. The first-order valence-electron chi connectivity index (χ1n) is 7.57. The average Bonchev–Trinajstić information content (AvgIpc) is 2.84. The average molecular weight is 318 g/mol. The van der Waals surface area contributed by atoms with E-state index in [1.807, 2.05) is 39.0 Å². The van der Waals surface area contributed by atoms with E-state index >= 15 is 0 Å². The maximum atomic E-state index is 13.1. The summed E-state index contributed by atoms with van der Waals surface area (Å²) in [5.74, 6) is 0. The Balaban J connectivity index is 2.05. The lowest BCUT2D eigenvalue weighted by molar-refractivity contribution is 0.280. The molecule has 0 bridgehead atoms. The van der Waals surface area contributed by atoms with Crippen molar-refractivity contribution in [2.45, 2.75) is 45.2 Å². The molecule has 22 heavy (non-hydrogen) atoms. The molecule has 0 fully saturated rings. The van der Waals surface area contributed by atoms with Gasteiger partial charge in [-0.05, 0) is 57.0 Å². The van der Waals surface area contributed by atoms with Crippen molar-refractivity contribution in [3.63, 3.8) is 0 Å². The minimum absolute atomic E-state index is 0.146. The predicted octanol–water partition coefficient (Wildman–Crippen LogP) is 3.18. The van der Waals surface area contributed by atoms with Crippen molar-refractivity contribution >= 4 is 10.0 Å². The highest BCUT2D eigenvalue weighted by Crippen LogP contribution is 2.33. The minimum Gasteiger partial charge on any atom is -0.346 e. The van der Waals surface area contributed by atoms with Crippen LogP contribution in [0.25, 0.3) is 0 Å². The quantitative estimate of drug-likeness (QED) is 0.853. The van der Waals surface area contributed by atoms with Crippen LogP contribution in [0.3, 0.4) is 0 Å². The molecule has 1 aromatic heterocycles. The zero-order valence-electron chi connectivity index (χ0n) is 13.5. The highest BCUT2D eigenvalue weighted by Gasteiger charge is 2.35. The van der Waals surface area contributed by atoms with Gasteiger partial charge in [0.1, 0.15) is 0 Å². The Morgan fingerprint density at radius 3 is 2.50 bits per heavy atom. The van der Waals surface area contributed by atoms with Crippen LogP contribution >= 0.6 is 0 Å². The van der Waals surface area contributed by atoms with E-state index in [2.05, 4.69) is 17.6 Å². The molecule has 1 atom stereocenters. The van der Waals surface area contributed by atoms with Crippen LogP contribution < -0.4 is 0 Å². The molecule has 0 aliphatic carbocycles. The van der Waals surface area contributed by atoms with Crippen LogP contribution in [0.2, 0.25) is 0 Å². The van der Waals surface area contributed by atoms with Crippen LogP contribution in [0.1, 0.15) is 35.5 Å². The zero-order valence-corrected chi connectivity index (χ0v) is 14.3. The third kappa shape index (κ3) is 2.29. The number of nitrogens with zero attached hydrogens (tertiary/aromatic N) is 2. The third-order valence-electron chi connectivity index (χ3n) is 4.57. The second kappa shape index (κ2) is 5.25. The Kier molecular flexibility index (Phi) is 3.65. The largest absolute Gasteiger partial charge is 0.346 e. The van der Waals surface area contributed by atoms with Gasteiger partial charge >= 0.3 is 0 Å². The molecule has 0 unspecified atom stereocenters. The summed E-state index contributed by atoms with van der Waals surface area (Å²) in [5, 5.41) is 0. The second-order valence-electron chi connectivity index (χ2n) is 6.11. The number of benzene rings is 1. The summed E-state index contributed by atoms with van der Waals surface area (Å²) >= 11 is 0. The second-order valence-corrected chi connectivity index (χ2v) is 7.97. The molecule has 0 saturated heterocycles. The molecule has 5 heteroatoms. The summed E-state index contributed by atoms with van der Waals surface area (Å²) in [6.07, 6.45) is 0. The van der Waals surface area contributed by atoms with Crippen LogP contribution in [0.5, 0.6) is 0 Å². The summed E-state index contributed by atoms with van der Waals surface area (Å²) < 4.78 is 30.0. The summed E-state index contributed by atoms with van der Waals surface area (Å²) in [4.78, 5) is 0.427. The number of aryl methyl sites for hydroxylation is 3. The molecular formula is C17H22N2O2S. The lowest BCUT2D eigenvalue weighted by Gasteiger charge is -2.34. The molecule has 0 N–H and O–H groups in total. The molecule has 0 saturated carbocycles. The summed E-state index contributed by atoms with van der Waals surface area (Å²) in [5.41, 5.74) is 4.02. The van der Waals surface area contributed by atoms with Crippen molar-refractivity contribution in [2.75, 3.05) is 6.54 Å². The summed E-state index contributed by atoms with van der Waals surface area (Å²) in [6.45, 7) is 9.03. The SMILES string of the molecule is Cc1ccc(C)c(S(=O)(=O)N2CCn3c(C)ccc3[C@H]2C)c1. The van der Waals surface area contributed by atoms with Gasteiger partial charge in [0.2, 0.25) is 10.0 Å². The standard InChI is InChI=1S/C17H22N2O2S/c1-12-5-6-13(2)17(11-12)22(20,21)19-10-9-18-14(3)7-8-16(18)15(19)4/h5-8,11,15H,9-10H2,1-4H3/t15-/m1/s1. The molecule has 0 spiro atoms. The fourth-order valence-electron chi connectivity index (χ4n) is 3.24. The summed E-state index contributed by atoms with van der Waals surface area (Å²) in [6, 6.07) is 9.54. The maximum absolute atomic E-state index is 13.1. The number of rotatable bonds is 2. The van der Waals surface area contributed by atoms with Gasteiger partial charge in [0.15, 0.2) is 0 Å². The van der Waals surface area contributed by atoms with Crippen LogP contribution in [-0.4, -0.2) is 23.8 Å². The lowest BCUT2D eigenvalue weighted by Crippen LogP contribution is -2.41. The predicted molar refractivity (Wildman–Crippen MR) is 87.4 cm³/mol. The van der Waals surface area contributed by atoms with Crippen molar-refractivity contribution in [3.8, 4) is 0 Å². The monoisotopic (exact) mass is 318 g/mol. The molecule has 2 heterocycles. The van der Waals surface area contributed by atoms with E-state index in [1.165, 1.54) is 5.69 Å². The van der Waals surface area contributed by atoms with Crippen molar-refractivity contribution < 1.29 is 8.42 Å². The normalized spacial score (nSPS) is 19.2. The fraction of sp³-hybridized carbons (Fsp3) is 0.412. The van der Waals surface area contributed by atoms with Crippen molar-refractivity contribution in [3.05, 3.63) is 52.8 Å².